The molecule has 0 bridgehead atoms. The first kappa shape index (κ1) is 26.6. The summed E-state index contributed by atoms with van der Waals surface area (Å²) >= 11 is 1.24. The van der Waals surface area contributed by atoms with Crippen LogP contribution in [0.3, 0.4) is 0 Å². The Labute approximate surface area is 221 Å². The molecule has 0 aliphatic rings. The van der Waals surface area contributed by atoms with Crippen molar-refractivity contribution < 1.29 is 13.2 Å². The molecule has 3 aromatic carbocycles. The van der Waals surface area contributed by atoms with Gasteiger partial charge in [0, 0.05) is 11.3 Å². The summed E-state index contributed by atoms with van der Waals surface area (Å²) in [6.07, 6.45) is 0. The first-order valence-electron chi connectivity index (χ1n) is 11.6. The van der Waals surface area contributed by atoms with Gasteiger partial charge in [-0.15, -0.1) is 10.2 Å². The van der Waals surface area contributed by atoms with Gasteiger partial charge in [0.2, 0.25) is 15.9 Å². The number of para-hydroxylation sites is 1. The normalized spacial score (nSPS) is 11.9. The summed E-state index contributed by atoms with van der Waals surface area (Å²) in [6, 6.07) is 22.0. The second-order valence-electron chi connectivity index (χ2n) is 9.67. The fourth-order valence-corrected chi connectivity index (χ4v) is 5.08. The minimum Gasteiger partial charge on any atom is -0.325 e. The third kappa shape index (κ3) is 6.27. The van der Waals surface area contributed by atoms with Gasteiger partial charge in [0.25, 0.3) is 0 Å². The topological polar surface area (TPSA) is 120 Å². The highest BCUT2D eigenvalue weighted by Gasteiger charge is 2.20. The number of carbonyl (C=O) groups excluding carboxylic acids is 1. The number of nitrogens with one attached hydrogen (secondary N) is 1. The molecule has 192 valence electrons. The number of aromatic nitrogens is 3. The van der Waals surface area contributed by atoms with Crippen molar-refractivity contribution >= 4 is 33.4 Å². The van der Waals surface area contributed by atoms with E-state index in [4.69, 9.17) is 5.14 Å². The van der Waals surface area contributed by atoms with E-state index in [0.717, 1.165) is 16.8 Å². The molecule has 0 spiro atoms. The highest BCUT2D eigenvalue weighted by Crippen LogP contribution is 2.31. The van der Waals surface area contributed by atoms with E-state index in [1.807, 2.05) is 47.9 Å². The Balaban J connectivity index is 1.61. The van der Waals surface area contributed by atoms with E-state index in [1.54, 1.807) is 6.07 Å². The molecule has 0 saturated heterocycles. The van der Waals surface area contributed by atoms with Crippen LogP contribution in [0.5, 0.6) is 0 Å². The molecule has 1 aromatic heterocycles. The van der Waals surface area contributed by atoms with E-state index in [2.05, 4.69) is 48.4 Å². The fourth-order valence-electron chi connectivity index (χ4n) is 3.78. The maximum atomic E-state index is 12.7. The number of primary sulfonamides is 1. The van der Waals surface area contributed by atoms with E-state index in [1.165, 1.54) is 35.5 Å². The largest absolute Gasteiger partial charge is 0.325 e. The molecule has 0 fully saturated rings. The molecule has 3 N–H and O–H groups in total. The number of nitrogens with two attached hydrogens (primary N) is 1. The van der Waals surface area contributed by atoms with E-state index >= 15 is 0 Å². The summed E-state index contributed by atoms with van der Waals surface area (Å²) in [5.74, 6) is 0.414. The van der Waals surface area contributed by atoms with Crippen molar-refractivity contribution in [2.24, 2.45) is 5.14 Å². The van der Waals surface area contributed by atoms with Crippen LogP contribution in [-0.4, -0.2) is 34.8 Å². The Hall–Kier alpha value is -3.47. The SMILES string of the molecule is Cc1ccccc1-n1c(SCC(=O)Nc2cccc(S(N)(=O)=O)c2)nnc1-c1ccc(C(C)(C)C)cc1. The summed E-state index contributed by atoms with van der Waals surface area (Å²) in [5, 5.41) is 17.4. The second-order valence-corrected chi connectivity index (χ2v) is 12.2. The van der Waals surface area contributed by atoms with Crippen LogP contribution in [0.1, 0.15) is 31.9 Å². The number of rotatable bonds is 7. The molecule has 0 aliphatic heterocycles. The molecule has 0 radical (unpaired) electrons. The molecule has 0 saturated carbocycles. The van der Waals surface area contributed by atoms with Gasteiger partial charge in [0.1, 0.15) is 0 Å². The zero-order valence-electron chi connectivity index (χ0n) is 21.1. The number of thioether (sulfide) groups is 1. The molecule has 37 heavy (non-hydrogen) atoms. The lowest BCUT2D eigenvalue weighted by Crippen LogP contribution is -2.16. The lowest BCUT2D eigenvalue weighted by atomic mass is 9.87. The third-order valence-electron chi connectivity index (χ3n) is 5.78. The third-order valence-corrected chi connectivity index (χ3v) is 7.62. The predicted molar refractivity (Wildman–Crippen MR) is 147 cm³/mol. The van der Waals surface area contributed by atoms with Crippen molar-refractivity contribution in [2.45, 2.75) is 43.2 Å². The zero-order chi connectivity index (χ0) is 26.8. The number of hydrogen-bond donors (Lipinski definition) is 2. The quantitative estimate of drug-likeness (QED) is 0.324. The van der Waals surface area contributed by atoms with Crippen molar-refractivity contribution in [3.05, 3.63) is 83.9 Å². The van der Waals surface area contributed by atoms with E-state index in [9.17, 15) is 13.2 Å². The van der Waals surface area contributed by atoms with Crippen molar-refractivity contribution in [1.82, 2.24) is 14.8 Å². The van der Waals surface area contributed by atoms with Crippen LogP contribution in [0.2, 0.25) is 0 Å². The molecule has 1 heterocycles. The molecule has 1 amide bonds. The number of carbonyl (C=O) groups is 1. The number of benzene rings is 3. The van der Waals surface area contributed by atoms with Gasteiger partial charge in [-0.25, -0.2) is 13.6 Å². The average molecular weight is 536 g/mol. The van der Waals surface area contributed by atoms with Gasteiger partial charge >= 0.3 is 0 Å². The van der Waals surface area contributed by atoms with Gasteiger partial charge in [-0.05, 0) is 47.7 Å². The van der Waals surface area contributed by atoms with Gasteiger partial charge in [-0.2, -0.15) is 0 Å². The number of sulfonamides is 1. The van der Waals surface area contributed by atoms with E-state index in [-0.39, 0.29) is 22.0 Å². The molecular weight excluding hydrogens is 506 g/mol. The first-order chi connectivity index (χ1) is 17.4. The summed E-state index contributed by atoms with van der Waals surface area (Å²) in [7, 11) is -3.87. The summed E-state index contributed by atoms with van der Waals surface area (Å²) in [5.41, 5.74) is 4.48. The second kappa shape index (κ2) is 10.5. The standard InChI is InChI=1S/C27H29N5O3S2/c1-18-8-5-6-11-23(18)32-25(19-12-14-20(15-13-19)27(2,3)4)30-31-26(32)36-17-24(33)29-21-9-7-10-22(16-21)37(28,34)35/h5-16H,17H2,1-4H3,(H,29,33)(H2,28,34,35). The Morgan fingerprint density at radius 3 is 2.35 bits per heavy atom. The van der Waals surface area contributed by atoms with Crippen molar-refractivity contribution in [1.29, 1.82) is 0 Å². The van der Waals surface area contributed by atoms with Gasteiger partial charge in [0.15, 0.2) is 11.0 Å². The van der Waals surface area contributed by atoms with Crippen LogP contribution in [-0.2, 0) is 20.2 Å². The van der Waals surface area contributed by atoms with E-state index < -0.39 is 10.0 Å². The van der Waals surface area contributed by atoms with Gasteiger partial charge in [0.05, 0.1) is 16.3 Å². The van der Waals surface area contributed by atoms with Gasteiger partial charge in [-0.3, -0.25) is 9.36 Å². The lowest BCUT2D eigenvalue weighted by molar-refractivity contribution is -0.113. The van der Waals surface area contributed by atoms with E-state index in [0.29, 0.717) is 16.7 Å². The van der Waals surface area contributed by atoms with Crippen LogP contribution in [0.25, 0.3) is 17.1 Å². The highest BCUT2D eigenvalue weighted by molar-refractivity contribution is 7.99. The molecule has 8 nitrogen and oxygen atoms in total. The summed E-state index contributed by atoms with van der Waals surface area (Å²) in [4.78, 5) is 12.6. The maximum Gasteiger partial charge on any atom is 0.238 e. The number of nitrogens with zero attached hydrogens (tertiary/aromatic N) is 3. The summed E-state index contributed by atoms with van der Waals surface area (Å²) in [6.45, 7) is 8.52. The fraction of sp³-hybridized carbons (Fsp3) is 0.222. The number of amides is 1. The van der Waals surface area contributed by atoms with Crippen LogP contribution in [0.15, 0.2) is 82.8 Å². The molecular formula is C27H29N5O3S2. The molecule has 0 aliphatic carbocycles. The lowest BCUT2D eigenvalue weighted by Gasteiger charge is -2.19. The van der Waals surface area contributed by atoms with Crippen molar-refractivity contribution in [2.75, 3.05) is 11.1 Å². The highest BCUT2D eigenvalue weighted by atomic mass is 32.2. The van der Waals surface area contributed by atoms with Crippen LogP contribution in [0.4, 0.5) is 5.69 Å². The number of anilines is 1. The Morgan fingerprint density at radius 2 is 1.70 bits per heavy atom. The average Bonchev–Trinajstić information content (AvgIpc) is 3.26. The molecule has 0 atom stereocenters. The Bertz CT molecular complexity index is 1540. The smallest absolute Gasteiger partial charge is 0.238 e. The predicted octanol–water partition coefficient (Wildman–Crippen LogP) is 4.92. The van der Waals surface area contributed by atoms with Crippen molar-refractivity contribution in [3.8, 4) is 17.1 Å². The molecule has 4 rings (SSSR count). The maximum absolute atomic E-state index is 12.7. The Morgan fingerprint density at radius 1 is 1.00 bits per heavy atom. The molecule has 0 unspecified atom stereocenters. The molecule has 10 heteroatoms. The minimum atomic E-state index is -3.87. The van der Waals surface area contributed by atoms with Crippen molar-refractivity contribution in [3.63, 3.8) is 0 Å². The van der Waals surface area contributed by atoms with Gasteiger partial charge in [-0.1, -0.05) is 81.1 Å². The Kier molecular flexibility index (Phi) is 7.54. The minimum absolute atomic E-state index is 0.0322. The first-order valence-corrected chi connectivity index (χ1v) is 14.1. The van der Waals surface area contributed by atoms with Crippen LogP contribution in [0, 0.1) is 6.92 Å². The van der Waals surface area contributed by atoms with Crippen LogP contribution < -0.4 is 10.5 Å². The monoisotopic (exact) mass is 535 g/mol. The van der Waals surface area contributed by atoms with Crippen LogP contribution >= 0.6 is 11.8 Å². The summed E-state index contributed by atoms with van der Waals surface area (Å²) < 4.78 is 25.2. The molecule has 4 aromatic rings. The number of aryl methyl sites for hydroxylation is 1. The zero-order valence-corrected chi connectivity index (χ0v) is 22.7. The van der Waals surface area contributed by atoms with Gasteiger partial charge < -0.3 is 5.32 Å². The number of hydrogen-bond acceptors (Lipinski definition) is 6.